The highest BCUT2D eigenvalue weighted by Crippen LogP contribution is 1.67. The SMILES string of the molecule is CC=NOCC. The van der Waals surface area contributed by atoms with Crippen LogP contribution in [0.4, 0.5) is 0 Å². The Hall–Kier alpha value is -0.530. The maximum absolute atomic E-state index is 4.55. The Bertz CT molecular complexity index is 42.8. The zero-order chi connectivity index (χ0) is 4.83. The largest absolute Gasteiger partial charge is 0.396 e. The van der Waals surface area contributed by atoms with Gasteiger partial charge in [-0.2, -0.15) is 0 Å². The number of nitrogens with zero attached hydrogens (tertiary/aromatic N) is 1. The quantitative estimate of drug-likeness (QED) is 0.364. The predicted molar refractivity (Wildman–Crippen MR) is 25.8 cm³/mol. The van der Waals surface area contributed by atoms with Crippen LogP contribution in [-0.4, -0.2) is 12.8 Å². The Labute approximate surface area is 37.8 Å². The topological polar surface area (TPSA) is 21.6 Å². The Kier molecular flexibility index (Phi) is 4.08. The van der Waals surface area contributed by atoms with Gasteiger partial charge in [-0.1, -0.05) is 5.16 Å². The molecule has 0 aliphatic rings. The van der Waals surface area contributed by atoms with E-state index in [4.69, 9.17) is 0 Å². The van der Waals surface area contributed by atoms with E-state index in [0.717, 1.165) is 0 Å². The van der Waals surface area contributed by atoms with Gasteiger partial charge >= 0.3 is 0 Å². The molecule has 0 rings (SSSR count). The molecule has 0 bridgehead atoms. The van der Waals surface area contributed by atoms with E-state index in [-0.39, 0.29) is 0 Å². The summed E-state index contributed by atoms with van der Waals surface area (Å²) >= 11 is 0. The van der Waals surface area contributed by atoms with Crippen LogP contribution in [0.2, 0.25) is 0 Å². The Morgan fingerprint density at radius 2 is 2.50 bits per heavy atom. The van der Waals surface area contributed by atoms with Crippen LogP contribution in [-0.2, 0) is 4.84 Å². The van der Waals surface area contributed by atoms with Crippen molar-refractivity contribution >= 4 is 6.21 Å². The van der Waals surface area contributed by atoms with Gasteiger partial charge in [0, 0.05) is 6.21 Å². The van der Waals surface area contributed by atoms with Crippen molar-refractivity contribution in [1.29, 1.82) is 0 Å². The van der Waals surface area contributed by atoms with Crippen LogP contribution in [0.25, 0.3) is 0 Å². The van der Waals surface area contributed by atoms with E-state index in [1.807, 2.05) is 13.8 Å². The molecule has 0 radical (unpaired) electrons. The molecule has 0 atom stereocenters. The molecule has 2 heteroatoms. The number of hydrogen-bond acceptors (Lipinski definition) is 2. The number of oxime groups is 1. The van der Waals surface area contributed by atoms with Crippen molar-refractivity contribution in [2.45, 2.75) is 13.8 Å². The maximum Gasteiger partial charge on any atom is 0.114 e. The molecule has 0 aromatic rings. The summed E-state index contributed by atoms with van der Waals surface area (Å²) in [6.07, 6.45) is 1.61. The zero-order valence-corrected chi connectivity index (χ0v) is 4.14. The fourth-order valence-corrected chi connectivity index (χ4v) is 0.149. The fraction of sp³-hybridized carbons (Fsp3) is 0.750. The van der Waals surface area contributed by atoms with Crippen molar-refractivity contribution in [2.24, 2.45) is 5.16 Å². The molecule has 6 heavy (non-hydrogen) atoms. The molecular weight excluding hydrogens is 78.0 g/mol. The number of hydrogen-bond donors (Lipinski definition) is 0. The average Bonchev–Trinajstić information content (AvgIpc) is 1.61. The molecule has 0 aromatic carbocycles. The molecule has 0 unspecified atom stereocenters. The summed E-state index contributed by atoms with van der Waals surface area (Å²) in [6.45, 7) is 4.37. The third-order valence-electron chi connectivity index (χ3n) is 0.309. The van der Waals surface area contributed by atoms with Crippen molar-refractivity contribution in [3.8, 4) is 0 Å². The minimum Gasteiger partial charge on any atom is -0.396 e. The molecule has 2 nitrogen and oxygen atoms in total. The van der Waals surface area contributed by atoms with Crippen molar-refractivity contribution in [3.63, 3.8) is 0 Å². The summed E-state index contributed by atoms with van der Waals surface area (Å²) in [7, 11) is 0. The Morgan fingerprint density at radius 1 is 1.83 bits per heavy atom. The summed E-state index contributed by atoms with van der Waals surface area (Å²) in [6, 6.07) is 0. The first-order valence-corrected chi connectivity index (χ1v) is 2.01. The highest BCUT2D eigenvalue weighted by Gasteiger charge is 1.60. The van der Waals surface area contributed by atoms with Crippen molar-refractivity contribution in [3.05, 3.63) is 0 Å². The molecular formula is C4H9NO. The summed E-state index contributed by atoms with van der Waals surface area (Å²) in [5.74, 6) is 0. The fourth-order valence-electron chi connectivity index (χ4n) is 0.149. The first-order chi connectivity index (χ1) is 2.91. The van der Waals surface area contributed by atoms with Gasteiger partial charge in [0.15, 0.2) is 0 Å². The van der Waals surface area contributed by atoms with Gasteiger partial charge in [-0.15, -0.1) is 0 Å². The second-order valence-electron chi connectivity index (χ2n) is 0.781. The van der Waals surface area contributed by atoms with Gasteiger partial charge in [0.25, 0.3) is 0 Å². The van der Waals surface area contributed by atoms with Gasteiger partial charge in [-0.3, -0.25) is 0 Å². The minimum absolute atomic E-state index is 0.657. The normalized spacial score (nSPS) is 9.67. The van der Waals surface area contributed by atoms with Crippen molar-refractivity contribution < 1.29 is 4.84 Å². The first-order valence-electron chi connectivity index (χ1n) is 2.01. The van der Waals surface area contributed by atoms with E-state index < -0.39 is 0 Å². The van der Waals surface area contributed by atoms with E-state index in [9.17, 15) is 0 Å². The van der Waals surface area contributed by atoms with Crippen LogP contribution in [0.1, 0.15) is 13.8 Å². The summed E-state index contributed by atoms with van der Waals surface area (Å²) in [5, 5.41) is 3.47. The highest BCUT2D eigenvalue weighted by atomic mass is 16.6. The average molecular weight is 87.1 g/mol. The predicted octanol–water partition coefficient (Wildman–Crippen LogP) is 1.03. The van der Waals surface area contributed by atoms with Gasteiger partial charge in [-0.05, 0) is 13.8 Å². The second kappa shape index (κ2) is 4.47. The highest BCUT2D eigenvalue weighted by molar-refractivity contribution is 5.52. The van der Waals surface area contributed by atoms with E-state index >= 15 is 0 Å². The van der Waals surface area contributed by atoms with Gasteiger partial charge in [0.1, 0.15) is 6.61 Å². The van der Waals surface area contributed by atoms with E-state index in [1.165, 1.54) is 0 Å². The minimum atomic E-state index is 0.657. The molecule has 0 saturated carbocycles. The molecule has 36 valence electrons. The zero-order valence-electron chi connectivity index (χ0n) is 4.14. The van der Waals surface area contributed by atoms with Crippen LogP contribution in [0, 0.1) is 0 Å². The van der Waals surface area contributed by atoms with Crippen molar-refractivity contribution in [2.75, 3.05) is 6.61 Å². The van der Waals surface area contributed by atoms with Crippen LogP contribution < -0.4 is 0 Å². The van der Waals surface area contributed by atoms with E-state index in [1.54, 1.807) is 6.21 Å². The lowest BCUT2D eigenvalue weighted by molar-refractivity contribution is 0.160. The van der Waals surface area contributed by atoms with Crippen LogP contribution >= 0.6 is 0 Å². The maximum atomic E-state index is 4.55. The van der Waals surface area contributed by atoms with Gasteiger partial charge in [0.05, 0.1) is 0 Å². The Balaban J connectivity index is 2.66. The molecule has 0 spiro atoms. The summed E-state index contributed by atoms with van der Waals surface area (Å²) in [4.78, 5) is 4.55. The third kappa shape index (κ3) is 3.47. The standard InChI is InChI=1S/C4H9NO/c1-3-5-6-4-2/h3H,4H2,1-2H3. The Morgan fingerprint density at radius 3 is 2.67 bits per heavy atom. The molecule has 0 heterocycles. The third-order valence-corrected chi connectivity index (χ3v) is 0.309. The van der Waals surface area contributed by atoms with Crippen LogP contribution in [0.5, 0.6) is 0 Å². The molecule has 0 fully saturated rings. The lowest BCUT2D eigenvalue weighted by atomic mass is 10.9. The second-order valence-corrected chi connectivity index (χ2v) is 0.781. The summed E-state index contributed by atoms with van der Waals surface area (Å²) < 4.78 is 0. The first kappa shape index (κ1) is 5.47. The van der Waals surface area contributed by atoms with Gasteiger partial charge < -0.3 is 4.84 Å². The molecule has 0 saturated heterocycles. The van der Waals surface area contributed by atoms with Gasteiger partial charge in [-0.25, -0.2) is 0 Å². The van der Waals surface area contributed by atoms with Gasteiger partial charge in [0.2, 0.25) is 0 Å². The molecule has 0 aromatic heterocycles. The molecule has 0 aliphatic heterocycles. The van der Waals surface area contributed by atoms with Crippen LogP contribution in [0.3, 0.4) is 0 Å². The summed E-state index contributed by atoms with van der Waals surface area (Å²) in [5.41, 5.74) is 0. The van der Waals surface area contributed by atoms with E-state index in [0.29, 0.717) is 6.61 Å². The molecule has 0 aliphatic carbocycles. The van der Waals surface area contributed by atoms with E-state index in [2.05, 4.69) is 9.99 Å². The van der Waals surface area contributed by atoms with Crippen molar-refractivity contribution in [1.82, 2.24) is 0 Å². The monoisotopic (exact) mass is 87.1 g/mol. The number of rotatable bonds is 2. The lowest BCUT2D eigenvalue weighted by Gasteiger charge is -1.84. The lowest BCUT2D eigenvalue weighted by Crippen LogP contribution is -1.75. The molecule has 0 N–H and O–H groups in total. The van der Waals surface area contributed by atoms with Crippen LogP contribution in [0.15, 0.2) is 5.16 Å². The smallest absolute Gasteiger partial charge is 0.114 e. The molecule has 0 amide bonds.